The fourth-order valence-corrected chi connectivity index (χ4v) is 14.9. The number of nitrogens with zero attached hydrogens (tertiary/aromatic N) is 2. The molecule has 0 radical (unpaired) electrons. The summed E-state index contributed by atoms with van der Waals surface area (Å²) >= 11 is 0. The number of benzene rings is 9. The smallest absolute Gasteiger partial charge is 0.0496 e. The van der Waals surface area contributed by atoms with Gasteiger partial charge in [0.05, 0.1) is 0 Å². The summed E-state index contributed by atoms with van der Waals surface area (Å²) in [7, 11) is 0. The largest absolute Gasteiger partial charge is 0.310 e. The summed E-state index contributed by atoms with van der Waals surface area (Å²) in [5.41, 5.74) is 22.8. The standard InChI is InChI=1S/C69H62N2/c1-68(2)63-19-11-18-61(52-13-5-3-6-14-52)67(63)62-35-34-60(42-64(62)68)71(59-31-28-51-12-9-10-15-55(51)41-59)66-40-47-21-25-53-24-20-46(22-26-54(66)27-23-47)39-65(53)70(57-16-7-4-8-17-57)58-32-29-56(30-33-58)69-43-48-36-49(44-69)38-50(37-48)45-69/h3-20,23-24,27-35,39-42,48-50H,21-22,25-26,36-38,43-45H2,1-2H3. The summed E-state index contributed by atoms with van der Waals surface area (Å²) in [6, 6.07) is 76.8. The van der Waals surface area contributed by atoms with Crippen LogP contribution in [0.3, 0.4) is 0 Å². The second-order valence-corrected chi connectivity index (χ2v) is 22.7. The van der Waals surface area contributed by atoms with Gasteiger partial charge in [-0.25, -0.2) is 0 Å². The summed E-state index contributed by atoms with van der Waals surface area (Å²) in [6.45, 7) is 4.83. The zero-order valence-electron chi connectivity index (χ0n) is 41.3. The van der Waals surface area contributed by atoms with Crippen molar-refractivity contribution in [3.63, 3.8) is 0 Å². The third-order valence-electron chi connectivity index (χ3n) is 18.0. The van der Waals surface area contributed by atoms with E-state index < -0.39 is 0 Å². The minimum absolute atomic E-state index is 0.171. The SMILES string of the molecule is CC1(C)c2cc(N(c3ccc4ccccc4c3)c3cc4ccc3CCc3ccc(c(N(c5ccccc5)c5ccc(C67CC8CC(CC(C8)C6)C7)cc5)c3)CC4)ccc2-c2c(-c3ccccc3)cccc21. The van der Waals surface area contributed by atoms with E-state index in [-0.39, 0.29) is 5.41 Å². The molecule has 0 N–H and O–H groups in total. The summed E-state index contributed by atoms with van der Waals surface area (Å²) in [5.74, 6) is 2.81. The first-order chi connectivity index (χ1) is 34.8. The molecule has 2 nitrogen and oxygen atoms in total. The van der Waals surface area contributed by atoms with Gasteiger partial charge in [0, 0.05) is 39.5 Å². The molecule has 0 aliphatic heterocycles. The number of anilines is 6. The average Bonchev–Trinajstić information content (AvgIpc) is 3.63. The molecular formula is C69H62N2. The van der Waals surface area contributed by atoms with Crippen molar-refractivity contribution in [3.05, 3.63) is 239 Å². The highest BCUT2D eigenvalue weighted by Crippen LogP contribution is 2.61. The second kappa shape index (κ2) is 16.7. The predicted octanol–water partition coefficient (Wildman–Crippen LogP) is 18.1. The van der Waals surface area contributed by atoms with Crippen molar-refractivity contribution in [3.8, 4) is 22.3 Å². The zero-order valence-corrected chi connectivity index (χ0v) is 41.3. The molecule has 0 heterocycles. The van der Waals surface area contributed by atoms with Crippen molar-refractivity contribution in [2.24, 2.45) is 17.8 Å². The van der Waals surface area contributed by atoms with Crippen LogP contribution in [-0.2, 0) is 36.5 Å². The van der Waals surface area contributed by atoms with Crippen LogP contribution in [0.1, 0.15) is 91.3 Å². The van der Waals surface area contributed by atoms with Gasteiger partial charge in [-0.2, -0.15) is 0 Å². The van der Waals surface area contributed by atoms with Crippen LogP contribution in [0.4, 0.5) is 34.1 Å². The molecule has 0 saturated heterocycles. The molecule has 4 saturated carbocycles. The highest BCUT2D eigenvalue weighted by Gasteiger charge is 2.51. The van der Waals surface area contributed by atoms with E-state index in [1.165, 1.54) is 139 Å². The highest BCUT2D eigenvalue weighted by atomic mass is 15.2. The molecule has 71 heavy (non-hydrogen) atoms. The van der Waals surface area contributed by atoms with Crippen molar-refractivity contribution in [1.82, 2.24) is 0 Å². The van der Waals surface area contributed by atoms with Crippen molar-refractivity contribution < 1.29 is 0 Å². The summed E-state index contributed by atoms with van der Waals surface area (Å²) in [6.07, 6.45) is 12.4. The third-order valence-corrected chi connectivity index (χ3v) is 18.0. The number of hydrogen-bond donors (Lipinski definition) is 0. The molecule has 9 aliphatic carbocycles. The maximum Gasteiger partial charge on any atom is 0.0496 e. The van der Waals surface area contributed by atoms with Gasteiger partial charge in [-0.1, -0.05) is 153 Å². The molecule has 0 atom stereocenters. The molecule has 2 heteroatoms. The monoisotopic (exact) mass is 918 g/mol. The van der Waals surface area contributed by atoms with E-state index >= 15 is 0 Å². The lowest BCUT2D eigenvalue weighted by Gasteiger charge is -2.57. The molecule has 0 aromatic heterocycles. The minimum atomic E-state index is -0.171. The normalized spacial score (nSPS) is 21.1. The zero-order chi connectivity index (χ0) is 47.3. The van der Waals surface area contributed by atoms with E-state index in [9.17, 15) is 0 Å². The van der Waals surface area contributed by atoms with Crippen molar-refractivity contribution in [2.45, 2.75) is 88.9 Å². The molecule has 0 spiro atoms. The van der Waals surface area contributed by atoms with Gasteiger partial charge in [0.15, 0.2) is 0 Å². The number of aryl methyl sites for hydroxylation is 4. The lowest BCUT2D eigenvalue weighted by molar-refractivity contribution is -0.00518. The highest BCUT2D eigenvalue weighted by molar-refractivity contribution is 5.95. The Morgan fingerprint density at radius 2 is 0.944 bits per heavy atom. The van der Waals surface area contributed by atoms with E-state index in [0.717, 1.165) is 43.4 Å². The first kappa shape index (κ1) is 42.7. The van der Waals surface area contributed by atoms with Crippen LogP contribution in [0.5, 0.6) is 0 Å². The summed E-state index contributed by atoms with van der Waals surface area (Å²) in [5, 5.41) is 2.51. The average molecular weight is 919 g/mol. The molecule has 0 amide bonds. The Morgan fingerprint density at radius 1 is 0.394 bits per heavy atom. The van der Waals surface area contributed by atoms with E-state index in [2.05, 4.69) is 224 Å². The van der Waals surface area contributed by atoms with E-state index in [1.54, 1.807) is 5.56 Å². The molecule has 9 aromatic rings. The first-order valence-corrected chi connectivity index (χ1v) is 26.7. The Kier molecular flexibility index (Phi) is 10.1. The minimum Gasteiger partial charge on any atom is -0.310 e. The Bertz CT molecular complexity index is 3460. The van der Waals surface area contributed by atoms with Crippen LogP contribution in [0.2, 0.25) is 0 Å². The molecule has 4 fully saturated rings. The van der Waals surface area contributed by atoms with Crippen LogP contribution in [-0.4, -0.2) is 0 Å². The first-order valence-electron chi connectivity index (χ1n) is 26.7. The van der Waals surface area contributed by atoms with Gasteiger partial charge < -0.3 is 9.80 Å². The lowest BCUT2D eigenvalue weighted by Crippen LogP contribution is -2.48. The topological polar surface area (TPSA) is 6.48 Å². The van der Waals surface area contributed by atoms with Gasteiger partial charge in [-0.05, 0) is 220 Å². The molecule has 9 aromatic carbocycles. The van der Waals surface area contributed by atoms with Gasteiger partial charge in [0.1, 0.15) is 0 Å². The predicted molar refractivity (Wildman–Crippen MR) is 297 cm³/mol. The van der Waals surface area contributed by atoms with Gasteiger partial charge in [-0.15, -0.1) is 0 Å². The van der Waals surface area contributed by atoms with Crippen LogP contribution in [0, 0.1) is 17.8 Å². The molecule has 9 aliphatic rings. The summed E-state index contributed by atoms with van der Waals surface area (Å²) in [4.78, 5) is 5.13. The van der Waals surface area contributed by atoms with Crippen LogP contribution in [0.25, 0.3) is 33.0 Å². The molecular weight excluding hydrogens is 857 g/mol. The van der Waals surface area contributed by atoms with Gasteiger partial charge in [-0.3, -0.25) is 0 Å². The number of fused-ring (bicyclic) bond motifs is 4. The van der Waals surface area contributed by atoms with Gasteiger partial charge >= 0.3 is 0 Å². The number of rotatable bonds is 8. The van der Waals surface area contributed by atoms with Crippen molar-refractivity contribution in [1.29, 1.82) is 0 Å². The Balaban J connectivity index is 0.849. The third kappa shape index (κ3) is 7.27. The summed E-state index contributed by atoms with van der Waals surface area (Å²) < 4.78 is 0. The van der Waals surface area contributed by atoms with E-state index in [1.807, 2.05) is 0 Å². The molecule has 8 bridgehead atoms. The molecule has 18 rings (SSSR count). The Morgan fingerprint density at radius 3 is 1.61 bits per heavy atom. The maximum atomic E-state index is 2.58. The maximum absolute atomic E-state index is 2.58. The fraction of sp³-hybridized carbons (Fsp3) is 0.246. The van der Waals surface area contributed by atoms with Gasteiger partial charge in [0.2, 0.25) is 0 Å². The lowest BCUT2D eigenvalue weighted by atomic mass is 9.48. The fourth-order valence-electron chi connectivity index (χ4n) is 14.9. The number of hydrogen-bond acceptors (Lipinski definition) is 2. The Labute approximate surface area is 420 Å². The second-order valence-electron chi connectivity index (χ2n) is 22.7. The van der Waals surface area contributed by atoms with Crippen LogP contribution in [0.15, 0.2) is 200 Å². The molecule has 348 valence electrons. The quantitative estimate of drug-likeness (QED) is 0.150. The van der Waals surface area contributed by atoms with Crippen LogP contribution >= 0.6 is 0 Å². The number of para-hydroxylation sites is 1. The van der Waals surface area contributed by atoms with Crippen molar-refractivity contribution in [2.75, 3.05) is 9.80 Å². The van der Waals surface area contributed by atoms with Crippen molar-refractivity contribution >= 4 is 44.9 Å². The Hall–Kier alpha value is -7.16. The van der Waals surface area contributed by atoms with E-state index in [4.69, 9.17) is 0 Å². The van der Waals surface area contributed by atoms with Gasteiger partial charge in [0.25, 0.3) is 0 Å². The molecule has 0 unspecified atom stereocenters. The van der Waals surface area contributed by atoms with E-state index in [0.29, 0.717) is 5.41 Å². The van der Waals surface area contributed by atoms with Crippen LogP contribution < -0.4 is 9.80 Å².